The van der Waals surface area contributed by atoms with E-state index in [4.69, 9.17) is 23.2 Å². The van der Waals surface area contributed by atoms with E-state index in [1.54, 1.807) is 0 Å². The van der Waals surface area contributed by atoms with Crippen molar-refractivity contribution in [2.75, 3.05) is 11.4 Å². The van der Waals surface area contributed by atoms with Gasteiger partial charge in [-0.3, -0.25) is 0 Å². The number of nitrogens with zero attached hydrogens (tertiary/aromatic N) is 1. The summed E-state index contributed by atoms with van der Waals surface area (Å²) >= 11 is 12.5. The Labute approximate surface area is 136 Å². The van der Waals surface area contributed by atoms with Crippen molar-refractivity contribution in [2.24, 2.45) is 0 Å². The molecule has 1 fully saturated rings. The second kappa shape index (κ2) is 6.29. The summed E-state index contributed by atoms with van der Waals surface area (Å²) in [4.78, 5) is 2.44. The maximum atomic E-state index is 6.48. The van der Waals surface area contributed by atoms with E-state index < -0.39 is 0 Å². The Hall–Kier alpha value is -1.18. The van der Waals surface area contributed by atoms with Crippen molar-refractivity contribution in [1.29, 1.82) is 0 Å². The molecule has 0 saturated carbocycles. The predicted octanol–water partition coefficient (Wildman–Crippen LogP) is 6.03. The minimum absolute atomic E-state index is 0.385. The molecule has 0 bridgehead atoms. The fourth-order valence-electron chi connectivity index (χ4n) is 3.10. The summed E-state index contributed by atoms with van der Waals surface area (Å²) in [6.07, 6.45) is 3.63. The number of anilines is 1. The lowest BCUT2D eigenvalue weighted by molar-refractivity contribution is 0.473. The number of piperidine rings is 1. The molecule has 3 rings (SSSR count). The minimum atomic E-state index is 0.385. The number of rotatable bonds is 2. The van der Waals surface area contributed by atoms with Crippen LogP contribution in [0.2, 0.25) is 10.0 Å². The molecule has 2 aromatic rings. The van der Waals surface area contributed by atoms with E-state index >= 15 is 0 Å². The van der Waals surface area contributed by atoms with Gasteiger partial charge < -0.3 is 4.90 Å². The van der Waals surface area contributed by atoms with Crippen LogP contribution in [0, 0.1) is 6.92 Å². The van der Waals surface area contributed by atoms with Crippen molar-refractivity contribution in [2.45, 2.75) is 32.2 Å². The summed E-state index contributed by atoms with van der Waals surface area (Å²) < 4.78 is 0. The van der Waals surface area contributed by atoms with Crippen molar-refractivity contribution in [1.82, 2.24) is 0 Å². The summed E-state index contributed by atoms with van der Waals surface area (Å²) in [5.41, 5.74) is 3.65. The highest BCUT2D eigenvalue weighted by Crippen LogP contribution is 2.38. The average molecular weight is 320 g/mol. The van der Waals surface area contributed by atoms with Crippen LogP contribution in [0.1, 0.15) is 36.4 Å². The van der Waals surface area contributed by atoms with Gasteiger partial charge in [-0.25, -0.2) is 0 Å². The van der Waals surface area contributed by atoms with Gasteiger partial charge in [0.2, 0.25) is 0 Å². The summed E-state index contributed by atoms with van der Waals surface area (Å²) in [7, 11) is 0. The highest BCUT2D eigenvalue weighted by Gasteiger charge is 2.25. The Morgan fingerprint density at radius 2 is 1.76 bits per heavy atom. The second-order valence-corrected chi connectivity index (χ2v) is 6.56. The largest absolute Gasteiger partial charge is 0.363 e. The minimum Gasteiger partial charge on any atom is -0.363 e. The zero-order valence-corrected chi connectivity index (χ0v) is 13.7. The monoisotopic (exact) mass is 319 g/mol. The molecule has 1 aliphatic rings. The molecular formula is C18H19Cl2N. The molecule has 1 saturated heterocycles. The molecule has 3 heteroatoms. The van der Waals surface area contributed by atoms with Crippen LogP contribution in [0.5, 0.6) is 0 Å². The van der Waals surface area contributed by atoms with E-state index in [9.17, 15) is 0 Å². The summed E-state index contributed by atoms with van der Waals surface area (Å²) in [5.74, 6) is 0. The Bertz CT molecular complexity index is 622. The number of benzene rings is 2. The van der Waals surface area contributed by atoms with Crippen molar-refractivity contribution < 1.29 is 0 Å². The smallest absolute Gasteiger partial charge is 0.0642 e. The molecule has 0 amide bonds. The van der Waals surface area contributed by atoms with E-state index in [-0.39, 0.29) is 0 Å². The van der Waals surface area contributed by atoms with Gasteiger partial charge in [-0.2, -0.15) is 0 Å². The lowest BCUT2D eigenvalue weighted by Crippen LogP contribution is -2.33. The molecule has 1 nitrogen and oxygen atoms in total. The summed E-state index contributed by atoms with van der Waals surface area (Å²) in [6, 6.07) is 14.9. The van der Waals surface area contributed by atoms with Crippen LogP contribution in [-0.2, 0) is 0 Å². The molecule has 0 spiro atoms. The number of aryl methyl sites for hydroxylation is 1. The molecule has 0 radical (unpaired) electrons. The molecule has 1 unspecified atom stereocenters. The lowest BCUT2D eigenvalue weighted by Gasteiger charge is -2.38. The first-order chi connectivity index (χ1) is 10.1. The molecule has 0 N–H and O–H groups in total. The number of hydrogen-bond donors (Lipinski definition) is 0. The van der Waals surface area contributed by atoms with Crippen LogP contribution in [-0.4, -0.2) is 6.54 Å². The molecule has 110 valence electrons. The van der Waals surface area contributed by atoms with E-state index in [1.165, 1.54) is 24.0 Å². The molecular weight excluding hydrogens is 301 g/mol. The van der Waals surface area contributed by atoms with Crippen molar-refractivity contribution in [3.05, 3.63) is 63.6 Å². The average Bonchev–Trinajstić information content (AvgIpc) is 2.48. The summed E-state index contributed by atoms with van der Waals surface area (Å²) in [5, 5.41) is 1.63. The van der Waals surface area contributed by atoms with Gasteiger partial charge >= 0.3 is 0 Å². The number of hydrogen-bond acceptors (Lipinski definition) is 1. The van der Waals surface area contributed by atoms with E-state index in [0.29, 0.717) is 6.04 Å². The van der Waals surface area contributed by atoms with Crippen LogP contribution in [0.15, 0.2) is 42.5 Å². The third kappa shape index (κ3) is 3.20. The topological polar surface area (TPSA) is 3.24 Å². The first-order valence-electron chi connectivity index (χ1n) is 7.43. The fraction of sp³-hybridized carbons (Fsp3) is 0.333. The quantitative estimate of drug-likeness (QED) is 0.652. The standard InChI is InChI=1S/C18H19Cl2N/c1-13-5-10-18(16(20)12-13)21-11-3-2-4-17(21)14-6-8-15(19)9-7-14/h5-10,12,17H,2-4,11H2,1H3. The zero-order valence-electron chi connectivity index (χ0n) is 12.2. The van der Waals surface area contributed by atoms with E-state index in [2.05, 4.69) is 36.1 Å². The Kier molecular flexibility index (Phi) is 4.42. The maximum Gasteiger partial charge on any atom is 0.0642 e. The highest BCUT2D eigenvalue weighted by molar-refractivity contribution is 6.33. The molecule has 0 aliphatic carbocycles. The Morgan fingerprint density at radius 1 is 1.00 bits per heavy atom. The van der Waals surface area contributed by atoms with Crippen LogP contribution < -0.4 is 4.90 Å². The normalized spacial score (nSPS) is 18.8. The highest BCUT2D eigenvalue weighted by atomic mass is 35.5. The molecule has 1 heterocycles. The van der Waals surface area contributed by atoms with Gasteiger partial charge in [-0.15, -0.1) is 0 Å². The third-order valence-electron chi connectivity index (χ3n) is 4.17. The molecule has 1 atom stereocenters. The maximum absolute atomic E-state index is 6.48. The van der Waals surface area contributed by atoms with Gasteiger partial charge in [-0.1, -0.05) is 41.4 Å². The third-order valence-corrected chi connectivity index (χ3v) is 4.72. The molecule has 21 heavy (non-hydrogen) atoms. The van der Waals surface area contributed by atoms with Gasteiger partial charge in [0.1, 0.15) is 0 Å². The van der Waals surface area contributed by atoms with Gasteiger partial charge in [0.15, 0.2) is 0 Å². The van der Waals surface area contributed by atoms with Gasteiger partial charge in [-0.05, 0) is 61.6 Å². The van der Waals surface area contributed by atoms with Crippen LogP contribution in [0.4, 0.5) is 5.69 Å². The van der Waals surface area contributed by atoms with Gasteiger partial charge in [0.05, 0.1) is 16.8 Å². The predicted molar refractivity (Wildman–Crippen MR) is 91.6 cm³/mol. The van der Waals surface area contributed by atoms with Crippen molar-refractivity contribution in [3.63, 3.8) is 0 Å². The van der Waals surface area contributed by atoms with Gasteiger partial charge in [0.25, 0.3) is 0 Å². The van der Waals surface area contributed by atoms with Crippen LogP contribution >= 0.6 is 23.2 Å². The SMILES string of the molecule is Cc1ccc(N2CCCCC2c2ccc(Cl)cc2)c(Cl)c1. The molecule has 1 aliphatic heterocycles. The first kappa shape index (κ1) is 14.7. The number of halogens is 2. The van der Waals surface area contributed by atoms with Crippen LogP contribution in [0.25, 0.3) is 0 Å². The Morgan fingerprint density at radius 3 is 2.48 bits per heavy atom. The lowest BCUT2D eigenvalue weighted by atomic mass is 9.94. The van der Waals surface area contributed by atoms with E-state index in [1.807, 2.05) is 18.2 Å². The van der Waals surface area contributed by atoms with Crippen molar-refractivity contribution in [3.8, 4) is 0 Å². The van der Waals surface area contributed by atoms with E-state index in [0.717, 1.165) is 28.7 Å². The molecule has 0 aromatic heterocycles. The van der Waals surface area contributed by atoms with Gasteiger partial charge in [0, 0.05) is 11.6 Å². The fourth-order valence-corrected chi connectivity index (χ4v) is 3.57. The molecule has 2 aromatic carbocycles. The van der Waals surface area contributed by atoms with Crippen molar-refractivity contribution >= 4 is 28.9 Å². The zero-order chi connectivity index (χ0) is 14.8. The van der Waals surface area contributed by atoms with Crippen LogP contribution in [0.3, 0.4) is 0 Å². The first-order valence-corrected chi connectivity index (χ1v) is 8.19. The second-order valence-electron chi connectivity index (χ2n) is 5.71. The summed E-state index contributed by atoms with van der Waals surface area (Å²) in [6.45, 7) is 3.12. The Balaban J connectivity index is 1.96.